The second-order valence-electron chi connectivity index (χ2n) is 4.52. The number of hydrogen-bond donors (Lipinski definition) is 1. The SMILES string of the molecule is COC(=O)c1ccc(CCC2CCCN2)cc1.Cl. The van der Waals surface area contributed by atoms with E-state index < -0.39 is 0 Å². The second kappa shape index (κ2) is 7.39. The summed E-state index contributed by atoms with van der Waals surface area (Å²) < 4.78 is 4.67. The van der Waals surface area contributed by atoms with Crippen LogP contribution in [-0.4, -0.2) is 25.7 Å². The molecule has 100 valence electrons. The first-order valence-electron chi connectivity index (χ1n) is 6.20. The van der Waals surface area contributed by atoms with Crippen molar-refractivity contribution < 1.29 is 9.53 Å². The van der Waals surface area contributed by atoms with E-state index in [0.29, 0.717) is 11.6 Å². The van der Waals surface area contributed by atoms with Crippen molar-refractivity contribution in [3.05, 3.63) is 35.4 Å². The molecular formula is C14H20ClNO2. The van der Waals surface area contributed by atoms with Crippen molar-refractivity contribution in [2.24, 2.45) is 0 Å². The van der Waals surface area contributed by atoms with E-state index in [1.165, 1.54) is 31.9 Å². The molecule has 0 amide bonds. The zero-order valence-electron chi connectivity index (χ0n) is 10.6. The van der Waals surface area contributed by atoms with Gasteiger partial charge in [0.2, 0.25) is 0 Å². The summed E-state index contributed by atoms with van der Waals surface area (Å²) in [6.45, 7) is 1.16. The normalized spacial score (nSPS) is 18.2. The summed E-state index contributed by atoms with van der Waals surface area (Å²) in [5, 5.41) is 3.49. The first-order valence-corrected chi connectivity index (χ1v) is 6.20. The lowest BCUT2D eigenvalue weighted by molar-refractivity contribution is 0.0600. The van der Waals surface area contributed by atoms with Crippen molar-refractivity contribution in [1.82, 2.24) is 5.32 Å². The molecule has 1 unspecified atom stereocenters. The minimum absolute atomic E-state index is 0. The molecule has 0 saturated carbocycles. The lowest BCUT2D eigenvalue weighted by Gasteiger charge is -2.09. The van der Waals surface area contributed by atoms with Crippen LogP contribution in [0.4, 0.5) is 0 Å². The number of benzene rings is 1. The lowest BCUT2D eigenvalue weighted by atomic mass is 10.0. The molecule has 0 radical (unpaired) electrons. The predicted octanol–water partition coefficient (Wildman–Crippen LogP) is 2.58. The van der Waals surface area contributed by atoms with E-state index in [2.05, 4.69) is 10.1 Å². The van der Waals surface area contributed by atoms with E-state index in [1.807, 2.05) is 24.3 Å². The first kappa shape index (κ1) is 15.0. The molecule has 4 heteroatoms. The van der Waals surface area contributed by atoms with Crippen LogP contribution in [-0.2, 0) is 11.2 Å². The molecule has 1 N–H and O–H groups in total. The summed E-state index contributed by atoms with van der Waals surface area (Å²) >= 11 is 0. The Bertz CT molecular complexity index is 372. The van der Waals surface area contributed by atoms with Crippen LogP contribution < -0.4 is 5.32 Å². The van der Waals surface area contributed by atoms with E-state index in [4.69, 9.17) is 0 Å². The molecule has 1 heterocycles. The molecule has 0 aliphatic carbocycles. The maximum atomic E-state index is 11.3. The van der Waals surface area contributed by atoms with Gasteiger partial charge >= 0.3 is 5.97 Å². The van der Waals surface area contributed by atoms with Crippen molar-refractivity contribution in [2.45, 2.75) is 31.7 Å². The van der Waals surface area contributed by atoms with Gasteiger partial charge in [0, 0.05) is 6.04 Å². The number of esters is 1. The Kier molecular flexibility index (Phi) is 6.16. The Labute approximate surface area is 114 Å². The highest BCUT2D eigenvalue weighted by molar-refractivity contribution is 5.89. The Balaban J connectivity index is 0.00000162. The highest BCUT2D eigenvalue weighted by atomic mass is 35.5. The number of nitrogens with one attached hydrogen (secondary N) is 1. The minimum Gasteiger partial charge on any atom is -0.465 e. The highest BCUT2D eigenvalue weighted by Crippen LogP contribution is 2.13. The number of halogens is 1. The van der Waals surface area contributed by atoms with Crippen molar-refractivity contribution in [3.8, 4) is 0 Å². The van der Waals surface area contributed by atoms with Crippen LogP contribution in [0.2, 0.25) is 0 Å². The number of aryl methyl sites for hydroxylation is 1. The van der Waals surface area contributed by atoms with Crippen LogP contribution in [0.1, 0.15) is 35.2 Å². The zero-order valence-corrected chi connectivity index (χ0v) is 11.5. The summed E-state index contributed by atoms with van der Waals surface area (Å²) in [7, 11) is 1.40. The number of carbonyl (C=O) groups excluding carboxylic acids is 1. The molecule has 1 fully saturated rings. The molecule has 1 aliphatic rings. The van der Waals surface area contributed by atoms with Gasteiger partial charge in [0.1, 0.15) is 0 Å². The fraction of sp³-hybridized carbons (Fsp3) is 0.500. The molecule has 2 rings (SSSR count). The Morgan fingerprint density at radius 1 is 1.39 bits per heavy atom. The van der Waals surface area contributed by atoms with Crippen LogP contribution in [0.5, 0.6) is 0 Å². The third-order valence-corrected chi connectivity index (χ3v) is 3.32. The summed E-state index contributed by atoms with van der Waals surface area (Å²) in [6.07, 6.45) is 4.84. The highest BCUT2D eigenvalue weighted by Gasteiger charge is 2.13. The maximum absolute atomic E-state index is 11.3. The molecule has 0 bridgehead atoms. The molecule has 18 heavy (non-hydrogen) atoms. The van der Waals surface area contributed by atoms with Crippen molar-refractivity contribution in [2.75, 3.05) is 13.7 Å². The second-order valence-corrected chi connectivity index (χ2v) is 4.52. The van der Waals surface area contributed by atoms with Crippen LogP contribution >= 0.6 is 12.4 Å². The smallest absolute Gasteiger partial charge is 0.337 e. The number of hydrogen-bond acceptors (Lipinski definition) is 3. The van der Waals surface area contributed by atoms with E-state index in [-0.39, 0.29) is 18.4 Å². The van der Waals surface area contributed by atoms with Gasteiger partial charge in [0.25, 0.3) is 0 Å². The van der Waals surface area contributed by atoms with Crippen LogP contribution in [0.25, 0.3) is 0 Å². The van der Waals surface area contributed by atoms with Gasteiger partial charge in [-0.15, -0.1) is 12.4 Å². The molecule has 1 aromatic rings. The first-order chi connectivity index (χ1) is 8.29. The fourth-order valence-corrected chi connectivity index (χ4v) is 2.27. The van der Waals surface area contributed by atoms with Gasteiger partial charge in [-0.2, -0.15) is 0 Å². The van der Waals surface area contributed by atoms with Gasteiger partial charge in [-0.3, -0.25) is 0 Å². The maximum Gasteiger partial charge on any atom is 0.337 e. The summed E-state index contributed by atoms with van der Waals surface area (Å²) in [4.78, 5) is 11.3. The summed E-state index contributed by atoms with van der Waals surface area (Å²) in [6, 6.07) is 8.38. The van der Waals surface area contributed by atoms with Crippen LogP contribution in [0.3, 0.4) is 0 Å². The zero-order chi connectivity index (χ0) is 12.1. The standard InChI is InChI=1S/C14H19NO2.ClH/c1-17-14(16)12-7-4-11(5-8-12)6-9-13-3-2-10-15-13;/h4-5,7-8,13,15H,2-3,6,9-10H2,1H3;1H. The quantitative estimate of drug-likeness (QED) is 0.854. The Morgan fingerprint density at radius 3 is 2.67 bits per heavy atom. The predicted molar refractivity (Wildman–Crippen MR) is 74.4 cm³/mol. The van der Waals surface area contributed by atoms with E-state index in [0.717, 1.165) is 13.0 Å². The summed E-state index contributed by atoms with van der Waals surface area (Å²) in [5.74, 6) is -0.269. The van der Waals surface area contributed by atoms with Crippen molar-refractivity contribution >= 4 is 18.4 Å². The molecule has 0 aromatic heterocycles. The van der Waals surface area contributed by atoms with Gasteiger partial charge in [0.05, 0.1) is 12.7 Å². The van der Waals surface area contributed by atoms with Crippen LogP contribution in [0, 0.1) is 0 Å². The minimum atomic E-state index is -0.269. The van der Waals surface area contributed by atoms with Gasteiger partial charge in [0.15, 0.2) is 0 Å². The Morgan fingerprint density at radius 2 is 2.11 bits per heavy atom. The van der Waals surface area contributed by atoms with Crippen molar-refractivity contribution in [1.29, 1.82) is 0 Å². The molecule has 1 saturated heterocycles. The van der Waals surface area contributed by atoms with E-state index >= 15 is 0 Å². The third kappa shape index (κ3) is 4.00. The van der Waals surface area contributed by atoms with Gasteiger partial charge < -0.3 is 10.1 Å². The Hall–Kier alpha value is -1.06. The lowest BCUT2D eigenvalue weighted by Crippen LogP contribution is -2.21. The monoisotopic (exact) mass is 269 g/mol. The average Bonchev–Trinajstić information content (AvgIpc) is 2.89. The molecule has 1 aliphatic heterocycles. The number of ether oxygens (including phenoxy) is 1. The molecular weight excluding hydrogens is 250 g/mol. The van der Waals surface area contributed by atoms with Crippen molar-refractivity contribution in [3.63, 3.8) is 0 Å². The average molecular weight is 270 g/mol. The fourth-order valence-electron chi connectivity index (χ4n) is 2.27. The number of rotatable bonds is 4. The van der Waals surface area contributed by atoms with Gasteiger partial charge in [-0.25, -0.2) is 4.79 Å². The molecule has 1 atom stereocenters. The largest absolute Gasteiger partial charge is 0.465 e. The topological polar surface area (TPSA) is 38.3 Å². The molecule has 1 aromatic carbocycles. The van der Waals surface area contributed by atoms with E-state index in [9.17, 15) is 4.79 Å². The van der Waals surface area contributed by atoms with E-state index in [1.54, 1.807) is 0 Å². The number of carbonyl (C=O) groups is 1. The molecule has 3 nitrogen and oxygen atoms in total. The summed E-state index contributed by atoms with van der Waals surface area (Å²) in [5.41, 5.74) is 1.90. The molecule has 0 spiro atoms. The van der Waals surface area contributed by atoms with Gasteiger partial charge in [-0.05, 0) is 49.9 Å². The third-order valence-electron chi connectivity index (χ3n) is 3.32. The van der Waals surface area contributed by atoms with Gasteiger partial charge in [-0.1, -0.05) is 12.1 Å². The van der Waals surface area contributed by atoms with Crippen LogP contribution in [0.15, 0.2) is 24.3 Å². The number of methoxy groups -OCH3 is 1.